The minimum Gasteiger partial charge on any atom is -0.497 e. The minimum atomic E-state index is -0.299. The molecule has 0 spiro atoms. The fourth-order valence-electron chi connectivity index (χ4n) is 2.71. The maximum Gasteiger partial charge on any atom is 0.322 e. The molecule has 0 aliphatic heterocycles. The van der Waals surface area contributed by atoms with Crippen molar-refractivity contribution in [1.82, 2.24) is 10.2 Å². The van der Waals surface area contributed by atoms with Gasteiger partial charge in [0, 0.05) is 11.1 Å². The number of anilines is 1. The number of nitrogens with one attached hydrogen (secondary N) is 1. The molecule has 128 valence electrons. The van der Waals surface area contributed by atoms with Crippen LogP contribution in [0.2, 0.25) is 0 Å². The molecule has 0 atom stereocenters. The van der Waals surface area contributed by atoms with Crippen LogP contribution in [0.3, 0.4) is 0 Å². The lowest BCUT2D eigenvalue weighted by molar-refractivity contribution is 0.102. The van der Waals surface area contributed by atoms with Gasteiger partial charge in [-0.05, 0) is 41.1 Å². The molecule has 1 aromatic heterocycles. The van der Waals surface area contributed by atoms with Crippen molar-refractivity contribution in [3.8, 4) is 17.2 Å². The van der Waals surface area contributed by atoms with Gasteiger partial charge in [0.15, 0.2) is 0 Å². The van der Waals surface area contributed by atoms with Crippen LogP contribution in [0.15, 0.2) is 71.1 Å². The third-order valence-electron chi connectivity index (χ3n) is 4.02. The molecule has 6 nitrogen and oxygen atoms in total. The second-order valence-electron chi connectivity index (χ2n) is 5.62. The summed E-state index contributed by atoms with van der Waals surface area (Å²) < 4.78 is 10.7. The largest absolute Gasteiger partial charge is 0.497 e. The van der Waals surface area contributed by atoms with Gasteiger partial charge in [-0.15, -0.1) is 5.10 Å². The summed E-state index contributed by atoms with van der Waals surface area (Å²) in [5.41, 5.74) is 1.29. The molecule has 26 heavy (non-hydrogen) atoms. The molecule has 3 aromatic carbocycles. The molecular weight excluding hydrogens is 330 g/mol. The second kappa shape index (κ2) is 6.68. The van der Waals surface area contributed by atoms with Crippen molar-refractivity contribution in [1.29, 1.82) is 0 Å². The molecule has 0 saturated heterocycles. The zero-order valence-corrected chi connectivity index (χ0v) is 14.0. The summed E-state index contributed by atoms with van der Waals surface area (Å²) in [5.74, 6) is 0.755. The van der Waals surface area contributed by atoms with Crippen molar-refractivity contribution in [2.45, 2.75) is 0 Å². The fourth-order valence-corrected chi connectivity index (χ4v) is 2.71. The van der Waals surface area contributed by atoms with Gasteiger partial charge < -0.3 is 9.15 Å². The van der Waals surface area contributed by atoms with Crippen molar-refractivity contribution in [2.24, 2.45) is 0 Å². The predicted octanol–water partition coefficient (Wildman–Crippen LogP) is 4.15. The van der Waals surface area contributed by atoms with E-state index in [0.717, 1.165) is 22.1 Å². The minimum absolute atomic E-state index is 0.0498. The predicted molar refractivity (Wildman–Crippen MR) is 98.2 cm³/mol. The summed E-state index contributed by atoms with van der Waals surface area (Å²) >= 11 is 0. The monoisotopic (exact) mass is 345 g/mol. The van der Waals surface area contributed by atoms with E-state index in [1.807, 2.05) is 48.5 Å². The number of carbonyl (C=O) groups excluding carboxylic acids is 1. The molecule has 0 radical (unpaired) electrons. The van der Waals surface area contributed by atoms with Crippen LogP contribution in [-0.2, 0) is 0 Å². The lowest BCUT2D eigenvalue weighted by atomic mass is 10.0. The Labute approximate surface area is 149 Å². The van der Waals surface area contributed by atoms with Crippen LogP contribution >= 0.6 is 0 Å². The molecule has 0 bridgehead atoms. The summed E-state index contributed by atoms with van der Waals surface area (Å²) in [4.78, 5) is 12.6. The van der Waals surface area contributed by atoms with Gasteiger partial charge in [0.2, 0.25) is 5.89 Å². The number of benzene rings is 3. The van der Waals surface area contributed by atoms with E-state index in [0.29, 0.717) is 11.5 Å². The molecule has 0 aliphatic carbocycles. The third kappa shape index (κ3) is 3.00. The summed E-state index contributed by atoms with van der Waals surface area (Å²) in [6.45, 7) is 0. The summed E-state index contributed by atoms with van der Waals surface area (Å²) in [7, 11) is 1.60. The van der Waals surface area contributed by atoms with Gasteiger partial charge in [-0.3, -0.25) is 10.1 Å². The van der Waals surface area contributed by atoms with Crippen LogP contribution < -0.4 is 10.1 Å². The maximum atomic E-state index is 12.6. The number of hydrogen-bond donors (Lipinski definition) is 1. The van der Waals surface area contributed by atoms with Crippen molar-refractivity contribution < 1.29 is 13.9 Å². The standard InChI is InChI=1S/C20H15N3O3/c1-25-15-11-9-14(10-12-15)19-22-23-20(26-19)21-18(24)17-8-4-6-13-5-2-3-7-16(13)17/h2-12H,1H3,(H,21,23,24). The average molecular weight is 345 g/mol. The Morgan fingerprint density at radius 2 is 1.73 bits per heavy atom. The Balaban J connectivity index is 1.57. The first kappa shape index (κ1) is 15.8. The molecule has 1 heterocycles. The van der Waals surface area contributed by atoms with Crippen LogP contribution in [-0.4, -0.2) is 23.2 Å². The summed E-state index contributed by atoms with van der Waals surface area (Å²) in [6.07, 6.45) is 0. The first-order chi connectivity index (χ1) is 12.7. The Bertz CT molecular complexity index is 1070. The van der Waals surface area contributed by atoms with Gasteiger partial charge >= 0.3 is 6.01 Å². The van der Waals surface area contributed by atoms with Crippen molar-refractivity contribution in [2.75, 3.05) is 12.4 Å². The van der Waals surface area contributed by atoms with E-state index in [4.69, 9.17) is 9.15 Å². The molecule has 0 unspecified atom stereocenters. The van der Waals surface area contributed by atoms with Crippen molar-refractivity contribution >= 4 is 22.7 Å². The molecule has 4 rings (SSSR count). The number of fused-ring (bicyclic) bond motifs is 1. The maximum absolute atomic E-state index is 12.6. The SMILES string of the molecule is COc1ccc(-c2nnc(NC(=O)c3cccc4ccccc34)o2)cc1. The van der Waals surface area contributed by atoms with Gasteiger partial charge in [0.25, 0.3) is 5.91 Å². The van der Waals surface area contributed by atoms with Gasteiger partial charge in [0.1, 0.15) is 5.75 Å². The molecule has 1 amide bonds. The van der Waals surface area contributed by atoms with E-state index in [-0.39, 0.29) is 11.9 Å². The summed E-state index contributed by atoms with van der Waals surface area (Å²) in [5, 5.41) is 12.4. The number of nitrogens with zero attached hydrogens (tertiary/aromatic N) is 2. The molecule has 0 fully saturated rings. The number of carbonyl (C=O) groups is 1. The molecule has 1 N–H and O–H groups in total. The van der Waals surface area contributed by atoms with Gasteiger partial charge in [-0.2, -0.15) is 0 Å². The Hall–Kier alpha value is -3.67. The third-order valence-corrected chi connectivity index (χ3v) is 4.02. The first-order valence-corrected chi connectivity index (χ1v) is 8.01. The Morgan fingerprint density at radius 1 is 0.962 bits per heavy atom. The van der Waals surface area contributed by atoms with Gasteiger partial charge in [0.05, 0.1) is 7.11 Å². The zero-order chi connectivity index (χ0) is 17.9. The van der Waals surface area contributed by atoms with E-state index in [2.05, 4.69) is 15.5 Å². The Kier molecular flexibility index (Phi) is 4.07. The number of hydrogen-bond acceptors (Lipinski definition) is 5. The number of ether oxygens (including phenoxy) is 1. The summed E-state index contributed by atoms with van der Waals surface area (Å²) in [6, 6.07) is 20.5. The Morgan fingerprint density at radius 3 is 2.54 bits per heavy atom. The molecule has 4 aromatic rings. The number of aromatic nitrogens is 2. The van der Waals surface area contributed by atoms with E-state index in [1.165, 1.54) is 0 Å². The lowest BCUT2D eigenvalue weighted by Crippen LogP contribution is -2.12. The average Bonchev–Trinajstić information content (AvgIpc) is 3.16. The van der Waals surface area contributed by atoms with Crippen LogP contribution in [0.5, 0.6) is 5.75 Å². The highest BCUT2D eigenvalue weighted by Gasteiger charge is 2.14. The smallest absolute Gasteiger partial charge is 0.322 e. The second-order valence-corrected chi connectivity index (χ2v) is 5.62. The highest BCUT2D eigenvalue weighted by molar-refractivity contribution is 6.12. The fraction of sp³-hybridized carbons (Fsp3) is 0.0500. The molecule has 0 saturated carbocycles. The van der Waals surface area contributed by atoms with E-state index in [9.17, 15) is 4.79 Å². The van der Waals surface area contributed by atoms with Gasteiger partial charge in [-0.25, -0.2) is 0 Å². The topological polar surface area (TPSA) is 77.3 Å². The van der Waals surface area contributed by atoms with E-state index < -0.39 is 0 Å². The van der Waals surface area contributed by atoms with E-state index in [1.54, 1.807) is 25.3 Å². The normalized spacial score (nSPS) is 10.7. The van der Waals surface area contributed by atoms with E-state index >= 15 is 0 Å². The molecule has 0 aliphatic rings. The highest BCUT2D eigenvalue weighted by atomic mass is 16.5. The van der Waals surface area contributed by atoms with Crippen molar-refractivity contribution in [3.63, 3.8) is 0 Å². The number of amides is 1. The van der Waals surface area contributed by atoms with Crippen LogP contribution in [0, 0.1) is 0 Å². The van der Waals surface area contributed by atoms with Crippen LogP contribution in [0.1, 0.15) is 10.4 Å². The molecular formula is C20H15N3O3. The number of methoxy groups -OCH3 is 1. The quantitative estimate of drug-likeness (QED) is 0.601. The highest BCUT2D eigenvalue weighted by Crippen LogP contribution is 2.24. The first-order valence-electron chi connectivity index (χ1n) is 8.01. The number of rotatable bonds is 4. The van der Waals surface area contributed by atoms with Crippen molar-refractivity contribution in [3.05, 3.63) is 72.3 Å². The van der Waals surface area contributed by atoms with Gasteiger partial charge in [-0.1, -0.05) is 41.5 Å². The van der Waals surface area contributed by atoms with Crippen LogP contribution in [0.25, 0.3) is 22.2 Å². The molecule has 6 heteroatoms. The lowest BCUT2D eigenvalue weighted by Gasteiger charge is -2.05. The zero-order valence-electron chi connectivity index (χ0n) is 14.0. The van der Waals surface area contributed by atoms with Crippen LogP contribution in [0.4, 0.5) is 6.01 Å².